The van der Waals surface area contributed by atoms with E-state index in [0.29, 0.717) is 10.0 Å². The molecule has 0 fully saturated rings. The van der Waals surface area contributed by atoms with Gasteiger partial charge < -0.3 is 5.32 Å². The molecule has 0 spiro atoms. The first kappa shape index (κ1) is 15.6. The number of fused-ring (bicyclic) bond motifs is 1. The van der Waals surface area contributed by atoms with Crippen molar-refractivity contribution in [3.8, 4) is 0 Å². The van der Waals surface area contributed by atoms with E-state index < -0.39 is 0 Å². The molecule has 114 valence electrons. The zero-order valence-corrected chi connectivity index (χ0v) is 13.6. The number of hydrogen-bond acceptors (Lipinski definition) is 1. The molecule has 4 heteroatoms. The molecule has 0 aliphatic heterocycles. The summed E-state index contributed by atoms with van der Waals surface area (Å²) in [6.45, 7) is 0. The highest BCUT2D eigenvalue weighted by Gasteiger charge is 2.01. The average molecular weight is 342 g/mol. The largest absolute Gasteiger partial charge is 0.322 e. The van der Waals surface area contributed by atoms with Crippen molar-refractivity contribution < 1.29 is 4.79 Å². The van der Waals surface area contributed by atoms with Gasteiger partial charge in [0.05, 0.1) is 10.0 Å². The van der Waals surface area contributed by atoms with Gasteiger partial charge in [0.15, 0.2) is 0 Å². The van der Waals surface area contributed by atoms with Crippen LogP contribution in [0.1, 0.15) is 5.56 Å². The van der Waals surface area contributed by atoms with Crippen LogP contribution in [0.25, 0.3) is 16.8 Å². The number of amides is 1. The van der Waals surface area contributed by atoms with Crippen LogP contribution in [0.2, 0.25) is 10.0 Å². The molecule has 0 heterocycles. The molecule has 3 rings (SSSR count). The van der Waals surface area contributed by atoms with Crippen LogP contribution in [0.4, 0.5) is 5.69 Å². The summed E-state index contributed by atoms with van der Waals surface area (Å²) in [4.78, 5) is 12.0. The fourth-order valence-corrected chi connectivity index (χ4v) is 2.55. The normalized spacial score (nSPS) is 11.0. The van der Waals surface area contributed by atoms with Crippen LogP contribution in [0.5, 0.6) is 0 Å². The lowest BCUT2D eigenvalue weighted by molar-refractivity contribution is -0.111. The third kappa shape index (κ3) is 3.92. The quantitative estimate of drug-likeness (QED) is 0.599. The van der Waals surface area contributed by atoms with Crippen molar-refractivity contribution in [2.75, 3.05) is 5.32 Å². The van der Waals surface area contributed by atoms with Crippen molar-refractivity contribution in [2.24, 2.45) is 0 Å². The first-order chi connectivity index (χ1) is 11.1. The van der Waals surface area contributed by atoms with Crippen molar-refractivity contribution in [1.82, 2.24) is 0 Å². The molecule has 0 atom stereocenters. The second-order valence-corrected chi connectivity index (χ2v) is 5.87. The zero-order chi connectivity index (χ0) is 16.2. The molecular weight excluding hydrogens is 329 g/mol. The molecular formula is C19H13Cl2NO. The Morgan fingerprint density at radius 2 is 1.65 bits per heavy atom. The van der Waals surface area contributed by atoms with Crippen molar-refractivity contribution >= 4 is 51.6 Å². The van der Waals surface area contributed by atoms with Gasteiger partial charge in [-0.15, -0.1) is 0 Å². The predicted octanol–water partition coefficient (Wildman–Crippen LogP) is 5.80. The minimum atomic E-state index is -0.202. The lowest BCUT2D eigenvalue weighted by Gasteiger charge is -2.04. The highest BCUT2D eigenvalue weighted by Crippen LogP contribution is 2.23. The Morgan fingerprint density at radius 1 is 0.870 bits per heavy atom. The van der Waals surface area contributed by atoms with Gasteiger partial charge in [-0.2, -0.15) is 0 Å². The van der Waals surface area contributed by atoms with Crippen molar-refractivity contribution in [2.45, 2.75) is 0 Å². The fraction of sp³-hybridized carbons (Fsp3) is 0. The summed E-state index contributed by atoms with van der Waals surface area (Å²) in [6.07, 6.45) is 3.16. The Hall–Kier alpha value is -2.29. The maximum Gasteiger partial charge on any atom is 0.248 e. The molecule has 0 aromatic heterocycles. The second kappa shape index (κ2) is 6.86. The molecule has 0 unspecified atom stereocenters. The fourth-order valence-electron chi connectivity index (χ4n) is 2.24. The summed E-state index contributed by atoms with van der Waals surface area (Å²) in [5.41, 5.74) is 1.57. The molecule has 2 nitrogen and oxygen atoms in total. The topological polar surface area (TPSA) is 29.1 Å². The minimum Gasteiger partial charge on any atom is -0.322 e. The van der Waals surface area contributed by atoms with Gasteiger partial charge in [-0.3, -0.25) is 4.79 Å². The van der Waals surface area contributed by atoms with Gasteiger partial charge in [-0.05, 0) is 46.7 Å². The molecule has 3 aromatic carbocycles. The van der Waals surface area contributed by atoms with Crippen LogP contribution >= 0.6 is 23.2 Å². The van der Waals surface area contributed by atoms with E-state index in [-0.39, 0.29) is 5.91 Å². The van der Waals surface area contributed by atoms with E-state index in [0.717, 1.165) is 22.0 Å². The molecule has 3 aromatic rings. The monoisotopic (exact) mass is 341 g/mol. The lowest BCUT2D eigenvalue weighted by atomic mass is 10.1. The van der Waals surface area contributed by atoms with Gasteiger partial charge in [0.2, 0.25) is 5.91 Å². The van der Waals surface area contributed by atoms with Crippen molar-refractivity contribution in [1.29, 1.82) is 0 Å². The number of hydrogen-bond donors (Lipinski definition) is 1. The highest BCUT2D eigenvalue weighted by atomic mass is 35.5. The van der Waals surface area contributed by atoms with Gasteiger partial charge in [-0.1, -0.05) is 59.6 Å². The summed E-state index contributed by atoms with van der Waals surface area (Å²) in [5, 5.41) is 6.02. The van der Waals surface area contributed by atoms with E-state index >= 15 is 0 Å². The standard InChI is InChI=1S/C19H13Cl2NO/c20-17-9-5-13(11-18(17)21)6-10-19(23)22-16-8-7-14-3-1-2-4-15(14)12-16/h1-12H,(H,22,23). The second-order valence-electron chi connectivity index (χ2n) is 5.06. The number of carbonyl (C=O) groups excluding carboxylic acids is 1. The molecule has 0 saturated heterocycles. The van der Waals surface area contributed by atoms with Gasteiger partial charge in [0.1, 0.15) is 0 Å². The summed E-state index contributed by atoms with van der Waals surface area (Å²) in [7, 11) is 0. The first-order valence-electron chi connectivity index (χ1n) is 7.05. The zero-order valence-electron chi connectivity index (χ0n) is 12.1. The third-order valence-corrected chi connectivity index (χ3v) is 4.13. The van der Waals surface area contributed by atoms with Crippen LogP contribution in [-0.2, 0) is 4.79 Å². The van der Waals surface area contributed by atoms with Crippen LogP contribution in [0.15, 0.2) is 66.7 Å². The Bertz CT molecular complexity index is 903. The van der Waals surface area contributed by atoms with Crippen molar-refractivity contribution in [3.63, 3.8) is 0 Å². The van der Waals surface area contributed by atoms with Gasteiger partial charge in [0, 0.05) is 11.8 Å². The van der Waals surface area contributed by atoms with Gasteiger partial charge >= 0.3 is 0 Å². The minimum absolute atomic E-state index is 0.202. The Kier molecular flexibility index (Phi) is 4.65. The highest BCUT2D eigenvalue weighted by molar-refractivity contribution is 6.42. The van der Waals surface area contributed by atoms with Gasteiger partial charge in [-0.25, -0.2) is 0 Å². The molecule has 0 saturated carbocycles. The molecule has 1 amide bonds. The van der Waals surface area contributed by atoms with E-state index in [9.17, 15) is 4.79 Å². The van der Waals surface area contributed by atoms with Gasteiger partial charge in [0.25, 0.3) is 0 Å². The number of rotatable bonds is 3. The third-order valence-electron chi connectivity index (χ3n) is 3.39. The molecule has 1 N–H and O–H groups in total. The average Bonchev–Trinajstić information content (AvgIpc) is 2.56. The summed E-state index contributed by atoms with van der Waals surface area (Å²) >= 11 is 11.8. The van der Waals surface area contributed by atoms with Crippen LogP contribution < -0.4 is 5.32 Å². The van der Waals surface area contributed by atoms with E-state index in [4.69, 9.17) is 23.2 Å². The summed E-state index contributed by atoms with van der Waals surface area (Å²) in [6, 6.07) is 19.0. The number of nitrogens with one attached hydrogen (secondary N) is 1. The molecule has 0 aliphatic carbocycles. The first-order valence-corrected chi connectivity index (χ1v) is 7.80. The SMILES string of the molecule is O=C(C=Cc1ccc(Cl)c(Cl)c1)Nc1ccc2ccccc2c1. The number of carbonyl (C=O) groups is 1. The Labute approximate surface area is 144 Å². The Balaban J connectivity index is 1.72. The number of halogens is 2. The molecule has 0 bridgehead atoms. The van der Waals surface area contributed by atoms with E-state index in [1.165, 1.54) is 6.08 Å². The summed E-state index contributed by atoms with van der Waals surface area (Å²) in [5.74, 6) is -0.202. The Morgan fingerprint density at radius 3 is 2.43 bits per heavy atom. The maximum atomic E-state index is 12.0. The summed E-state index contributed by atoms with van der Waals surface area (Å²) < 4.78 is 0. The number of benzene rings is 3. The van der Waals surface area contributed by atoms with Crippen LogP contribution in [0, 0.1) is 0 Å². The van der Waals surface area contributed by atoms with E-state index in [2.05, 4.69) is 5.32 Å². The number of anilines is 1. The molecule has 0 aliphatic rings. The molecule has 23 heavy (non-hydrogen) atoms. The maximum absolute atomic E-state index is 12.0. The molecule has 0 radical (unpaired) electrons. The van der Waals surface area contributed by atoms with E-state index in [1.807, 2.05) is 42.5 Å². The predicted molar refractivity (Wildman–Crippen MR) is 98.1 cm³/mol. The van der Waals surface area contributed by atoms with Crippen molar-refractivity contribution in [3.05, 3.63) is 82.3 Å². The lowest BCUT2D eigenvalue weighted by Crippen LogP contribution is -2.07. The van der Waals surface area contributed by atoms with Crippen LogP contribution in [-0.4, -0.2) is 5.91 Å². The smallest absolute Gasteiger partial charge is 0.248 e. The van der Waals surface area contributed by atoms with E-state index in [1.54, 1.807) is 24.3 Å². The van der Waals surface area contributed by atoms with Crippen LogP contribution in [0.3, 0.4) is 0 Å².